The summed E-state index contributed by atoms with van der Waals surface area (Å²) in [6.45, 7) is 5.23. The molecule has 1 aromatic rings. The molecule has 0 atom stereocenters. The molecule has 0 spiro atoms. The van der Waals surface area contributed by atoms with Crippen molar-refractivity contribution in [1.82, 2.24) is 0 Å². The fourth-order valence-electron chi connectivity index (χ4n) is 1.75. The van der Waals surface area contributed by atoms with Gasteiger partial charge >= 0.3 is 0 Å². The van der Waals surface area contributed by atoms with Crippen molar-refractivity contribution in [3.05, 3.63) is 22.2 Å². The first-order valence-corrected chi connectivity index (χ1v) is 6.12. The molecule has 3 nitrogen and oxygen atoms in total. The van der Waals surface area contributed by atoms with Crippen LogP contribution in [0.4, 0.5) is 0 Å². The van der Waals surface area contributed by atoms with Gasteiger partial charge in [0.15, 0.2) is 11.5 Å². The van der Waals surface area contributed by atoms with E-state index in [9.17, 15) is 0 Å². The van der Waals surface area contributed by atoms with Crippen LogP contribution in [0, 0.1) is 0 Å². The summed E-state index contributed by atoms with van der Waals surface area (Å²) in [5.41, 5.74) is 6.94. The molecule has 0 amide bonds. The average molecular weight is 286 g/mol. The van der Waals surface area contributed by atoms with Crippen molar-refractivity contribution in [1.29, 1.82) is 0 Å². The SMILES string of the molecule is CC(C)(N)Cc1ccc2c(c1Br)OCCO2. The minimum absolute atomic E-state index is 0.230. The van der Waals surface area contributed by atoms with Gasteiger partial charge in [0.1, 0.15) is 13.2 Å². The van der Waals surface area contributed by atoms with E-state index in [1.54, 1.807) is 0 Å². The molecule has 0 saturated heterocycles. The highest BCUT2D eigenvalue weighted by atomic mass is 79.9. The number of fused-ring (bicyclic) bond motifs is 1. The summed E-state index contributed by atoms with van der Waals surface area (Å²) in [7, 11) is 0. The maximum Gasteiger partial charge on any atom is 0.175 e. The van der Waals surface area contributed by atoms with E-state index in [0.717, 1.165) is 28.0 Å². The van der Waals surface area contributed by atoms with Crippen LogP contribution in [0.3, 0.4) is 0 Å². The molecule has 4 heteroatoms. The Morgan fingerprint density at radius 3 is 2.69 bits per heavy atom. The van der Waals surface area contributed by atoms with Crippen molar-refractivity contribution in [3.8, 4) is 11.5 Å². The molecule has 0 aromatic heterocycles. The molecule has 0 bridgehead atoms. The number of hydrogen-bond acceptors (Lipinski definition) is 3. The highest BCUT2D eigenvalue weighted by Gasteiger charge is 2.20. The van der Waals surface area contributed by atoms with Gasteiger partial charge in [0, 0.05) is 5.54 Å². The number of hydrogen-bond donors (Lipinski definition) is 1. The zero-order valence-corrected chi connectivity index (χ0v) is 11.1. The molecule has 1 aliphatic heterocycles. The summed E-state index contributed by atoms with van der Waals surface area (Å²) in [6.07, 6.45) is 0.796. The highest BCUT2D eigenvalue weighted by Crippen LogP contribution is 2.40. The van der Waals surface area contributed by atoms with E-state index < -0.39 is 0 Å². The fraction of sp³-hybridized carbons (Fsp3) is 0.500. The highest BCUT2D eigenvalue weighted by molar-refractivity contribution is 9.10. The van der Waals surface area contributed by atoms with Crippen molar-refractivity contribution in [3.63, 3.8) is 0 Å². The van der Waals surface area contributed by atoms with Gasteiger partial charge in [-0.15, -0.1) is 0 Å². The first-order valence-electron chi connectivity index (χ1n) is 5.33. The van der Waals surface area contributed by atoms with E-state index in [1.165, 1.54) is 0 Å². The quantitative estimate of drug-likeness (QED) is 0.908. The van der Waals surface area contributed by atoms with Crippen LogP contribution >= 0.6 is 15.9 Å². The maximum absolute atomic E-state index is 6.02. The summed E-state index contributed by atoms with van der Waals surface area (Å²) in [6, 6.07) is 3.98. The van der Waals surface area contributed by atoms with Crippen LogP contribution in [0.25, 0.3) is 0 Å². The molecule has 1 heterocycles. The second-order valence-electron chi connectivity index (χ2n) is 4.73. The van der Waals surface area contributed by atoms with Gasteiger partial charge in [-0.25, -0.2) is 0 Å². The molecule has 2 N–H and O–H groups in total. The molecule has 0 fully saturated rings. The Balaban J connectivity index is 2.34. The largest absolute Gasteiger partial charge is 0.486 e. The van der Waals surface area contributed by atoms with Gasteiger partial charge in [0.05, 0.1) is 4.47 Å². The zero-order valence-electron chi connectivity index (χ0n) is 9.55. The summed E-state index contributed by atoms with van der Waals surface area (Å²) < 4.78 is 12.1. The predicted octanol–water partition coefficient (Wildman–Crippen LogP) is 2.50. The van der Waals surface area contributed by atoms with Gasteiger partial charge in [0.2, 0.25) is 0 Å². The van der Waals surface area contributed by atoms with Crippen LogP contribution in [-0.4, -0.2) is 18.8 Å². The second-order valence-corrected chi connectivity index (χ2v) is 5.52. The van der Waals surface area contributed by atoms with Gasteiger partial charge in [-0.2, -0.15) is 0 Å². The lowest BCUT2D eigenvalue weighted by Crippen LogP contribution is -2.34. The molecule has 0 radical (unpaired) electrons. The van der Waals surface area contributed by atoms with Gasteiger partial charge in [-0.05, 0) is 47.8 Å². The van der Waals surface area contributed by atoms with Gasteiger partial charge in [-0.1, -0.05) is 6.07 Å². The van der Waals surface area contributed by atoms with E-state index in [1.807, 2.05) is 26.0 Å². The van der Waals surface area contributed by atoms with Gasteiger partial charge in [-0.3, -0.25) is 0 Å². The third-order valence-electron chi connectivity index (χ3n) is 2.37. The van der Waals surface area contributed by atoms with E-state index in [-0.39, 0.29) is 5.54 Å². The van der Waals surface area contributed by atoms with Crippen molar-refractivity contribution >= 4 is 15.9 Å². The summed E-state index contributed by atoms with van der Waals surface area (Å²) >= 11 is 3.56. The van der Waals surface area contributed by atoms with Crippen molar-refractivity contribution in [2.45, 2.75) is 25.8 Å². The van der Waals surface area contributed by atoms with Crippen LogP contribution in [0.5, 0.6) is 11.5 Å². The monoisotopic (exact) mass is 285 g/mol. The summed E-state index contributed by atoms with van der Waals surface area (Å²) in [4.78, 5) is 0. The Hall–Kier alpha value is -0.740. The zero-order chi connectivity index (χ0) is 11.8. The Morgan fingerprint density at radius 2 is 2.00 bits per heavy atom. The van der Waals surface area contributed by atoms with Crippen LogP contribution in [0.2, 0.25) is 0 Å². The van der Waals surface area contributed by atoms with Crippen molar-refractivity contribution < 1.29 is 9.47 Å². The average Bonchev–Trinajstić information content (AvgIpc) is 2.21. The van der Waals surface area contributed by atoms with Crippen LogP contribution in [0.15, 0.2) is 16.6 Å². The Kier molecular flexibility index (Phi) is 3.13. The number of halogens is 1. The number of nitrogens with two attached hydrogens (primary N) is 1. The smallest absolute Gasteiger partial charge is 0.175 e. The van der Waals surface area contributed by atoms with Crippen molar-refractivity contribution in [2.75, 3.05) is 13.2 Å². The van der Waals surface area contributed by atoms with Crippen LogP contribution < -0.4 is 15.2 Å². The summed E-state index contributed by atoms with van der Waals surface area (Å²) in [5.74, 6) is 1.60. The molecule has 2 rings (SSSR count). The molecule has 16 heavy (non-hydrogen) atoms. The number of rotatable bonds is 2. The predicted molar refractivity (Wildman–Crippen MR) is 67.1 cm³/mol. The van der Waals surface area contributed by atoms with E-state index in [0.29, 0.717) is 13.2 Å². The second kappa shape index (κ2) is 4.26. The normalized spacial score (nSPS) is 15.0. The molecule has 88 valence electrons. The summed E-state index contributed by atoms with van der Waals surface area (Å²) in [5, 5.41) is 0. The van der Waals surface area contributed by atoms with Crippen LogP contribution in [0.1, 0.15) is 19.4 Å². The van der Waals surface area contributed by atoms with Gasteiger partial charge in [0.25, 0.3) is 0 Å². The minimum atomic E-state index is -0.230. The lowest BCUT2D eigenvalue weighted by molar-refractivity contribution is 0.170. The van der Waals surface area contributed by atoms with E-state index in [4.69, 9.17) is 15.2 Å². The topological polar surface area (TPSA) is 44.5 Å². The third-order valence-corrected chi connectivity index (χ3v) is 3.24. The van der Waals surface area contributed by atoms with E-state index in [2.05, 4.69) is 15.9 Å². The fourth-order valence-corrected chi connectivity index (χ4v) is 2.33. The standard InChI is InChI=1S/C12H16BrNO2/c1-12(2,14)7-8-3-4-9-11(10(8)13)16-6-5-15-9/h3-4H,5-7,14H2,1-2H3. The lowest BCUT2D eigenvalue weighted by atomic mass is 9.96. The number of benzene rings is 1. The lowest BCUT2D eigenvalue weighted by Gasteiger charge is -2.24. The van der Waals surface area contributed by atoms with E-state index >= 15 is 0 Å². The Bertz CT molecular complexity index is 399. The Morgan fingerprint density at radius 1 is 1.31 bits per heavy atom. The minimum Gasteiger partial charge on any atom is -0.486 e. The molecular weight excluding hydrogens is 270 g/mol. The molecular formula is C12H16BrNO2. The first-order chi connectivity index (χ1) is 7.47. The number of ether oxygens (including phenoxy) is 2. The maximum atomic E-state index is 6.02. The molecule has 1 aliphatic rings. The van der Waals surface area contributed by atoms with Crippen LogP contribution in [-0.2, 0) is 6.42 Å². The Labute approximate surface area is 104 Å². The first kappa shape index (κ1) is 11.7. The molecule has 0 saturated carbocycles. The third kappa shape index (κ3) is 2.50. The molecule has 0 aliphatic carbocycles. The van der Waals surface area contributed by atoms with Gasteiger partial charge < -0.3 is 15.2 Å². The molecule has 0 unspecified atom stereocenters. The molecule has 1 aromatic carbocycles. The van der Waals surface area contributed by atoms with Crippen molar-refractivity contribution in [2.24, 2.45) is 5.73 Å².